The standard InChI is InChI=1S/C9H17N5/c1-7(5-8-3-4-8)14-9(6-10-2)11-12-13-14/h7-8,10H,3-6H2,1-2H3. The molecule has 5 nitrogen and oxygen atoms in total. The third kappa shape index (κ3) is 2.09. The molecule has 1 aromatic heterocycles. The zero-order valence-corrected chi connectivity index (χ0v) is 8.77. The number of rotatable bonds is 5. The van der Waals surface area contributed by atoms with E-state index in [0.29, 0.717) is 6.04 Å². The van der Waals surface area contributed by atoms with Crippen molar-refractivity contribution in [2.75, 3.05) is 7.05 Å². The lowest BCUT2D eigenvalue weighted by Crippen LogP contribution is -2.16. The van der Waals surface area contributed by atoms with Gasteiger partial charge in [-0.25, -0.2) is 4.68 Å². The lowest BCUT2D eigenvalue weighted by molar-refractivity contribution is 0.410. The van der Waals surface area contributed by atoms with E-state index in [1.165, 1.54) is 19.3 Å². The molecular formula is C9H17N5. The highest BCUT2D eigenvalue weighted by Gasteiger charge is 2.25. The maximum absolute atomic E-state index is 4.03. The van der Waals surface area contributed by atoms with Gasteiger partial charge in [-0.2, -0.15) is 0 Å². The second kappa shape index (κ2) is 4.04. The largest absolute Gasteiger partial charge is 0.313 e. The van der Waals surface area contributed by atoms with E-state index >= 15 is 0 Å². The van der Waals surface area contributed by atoms with Gasteiger partial charge >= 0.3 is 0 Å². The maximum Gasteiger partial charge on any atom is 0.165 e. The zero-order chi connectivity index (χ0) is 9.97. The van der Waals surface area contributed by atoms with E-state index in [4.69, 9.17) is 0 Å². The molecule has 0 aromatic carbocycles. The van der Waals surface area contributed by atoms with Crippen molar-refractivity contribution in [1.29, 1.82) is 0 Å². The summed E-state index contributed by atoms with van der Waals surface area (Å²) in [6, 6.07) is 0.431. The summed E-state index contributed by atoms with van der Waals surface area (Å²) >= 11 is 0. The predicted molar refractivity (Wildman–Crippen MR) is 52.6 cm³/mol. The van der Waals surface area contributed by atoms with Crippen LogP contribution in [0.4, 0.5) is 0 Å². The number of tetrazole rings is 1. The molecule has 0 amide bonds. The van der Waals surface area contributed by atoms with Gasteiger partial charge in [0.05, 0.1) is 12.6 Å². The fraction of sp³-hybridized carbons (Fsp3) is 0.889. The molecule has 1 aliphatic rings. The van der Waals surface area contributed by atoms with Crippen molar-refractivity contribution >= 4 is 0 Å². The van der Waals surface area contributed by atoms with Gasteiger partial charge in [-0.05, 0) is 36.7 Å². The molecule has 5 heteroatoms. The Morgan fingerprint density at radius 1 is 1.57 bits per heavy atom. The molecule has 0 saturated heterocycles. The summed E-state index contributed by atoms with van der Waals surface area (Å²) in [5.41, 5.74) is 0. The van der Waals surface area contributed by atoms with Crippen molar-refractivity contribution in [2.24, 2.45) is 5.92 Å². The highest BCUT2D eigenvalue weighted by molar-refractivity contribution is 4.85. The van der Waals surface area contributed by atoms with Crippen LogP contribution in [0.25, 0.3) is 0 Å². The third-order valence-electron chi connectivity index (χ3n) is 2.68. The van der Waals surface area contributed by atoms with Crippen LogP contribution >= 0.6 is 0 Å². The van der Waals surface area contributed by atoms with Crippen molar-refractivity contribution in [3.8, 4) is 0 Å². The number of aromatic nitrogens is 4. The van der Waals surface area contributed by atoms with Gasteiger partial charge in [-0.3, -0.25) is 0 Å². The first-order valence-electron chi connectivity index (χ1n) is 5.22. The molecule has 1 unspecified atom stereocenters. The minimum Gasteiger partial charge on any atom is -0.313 e. The zero-order valence-electron chi connectivity index (χ0n) is 8.77. The number of hydrogen-bond acceptors (Lipinski definition) is 4. The molecule has 2 rings (SSSR count). The van der Waals surface area contributed by atoms with E-state index in [-0.39, 0.29) is 0 Å². The molecule has 0 spiro atoms. The average molecular weight is 195 g/mol. The van der Waals surface area contributed by atoms with Crippen molar-refractivity contribution in [2.45, 2.75) is 38.8 Å². The molecule has 1 heterocycles. The molecule has 0 radical (unpaired) electrons. The van der Waals surface area contributed by atoms with Crippen LogP contribution in [-0.4, -0.2) is 27.3 Å². The third-order valence-corrected chi connectivity index (χ3v) is 2.68. The predicted octanol–water partition coefficient (Wildman–Crippen LogP) is 0.754. The van der Waals surface area contributed by atoms with Crippen molar-refractivity contribution in [3.05, 3.63) is 5.82 Å². The Morgan fingerprint density at radius 2 is 2.36 bits per heavy atom. The first kappa shape index (κ1) is 9.58. The summed E-state index contributed by atoms with van der Waals surface area (Å²) in [4.78, 5) is 0. The Labute approximate surface area is 83.9 Å². The fourth-order valence-electron chi connectivity index (χ4n) is 1.76. The highest BCUT2D eigenvalue weighted by Crippen LogP contribution is 2.36. The smallest absolute Gasteiger partial charge is 0.165 e. The van der Waals surface area contributed by atoms with Crippen LogP contribution in [0.3, 0.4) is 0 Å². The first-order valence-corrected chi connectivity index (χ1v) is 5.22. The van der Waals surface area contributed by atoms with Gasteiger partial charge in [0.2, 0.25) is 0 Å². The van der Waals surface area contributed by atoms with Crippen molar-refractivity contribution in [3.63, 3.8) is 0 Å². The lowest BCUT2D eigenvalue weighted by Gasteiger charge is -2.12. The Morgan fingerprint density at radius 3 is 3.00 bits per heavy atom. The molecule has 1 saturated carbocycles. The minimum atomic E-state index is 0.431. The van der Waals surface area contributed by atoms with E-state index in [0.717, 1.165) is 18.3 Å². The molecule has 1 fully saturated rings. The fourth-order valence-corrected chi connectivity index (χ4v) is 1.76. The summed E-state index contributed by atoms with van der Waals surface area (Å²) in [6.45, 7) is 2.93. The second-order valence-corrected chi connectivity index (χ2v) is 4.10. The number of nitrogens with one attached hydrogen (secondary N) is 1. The van der Waals surface area contributed by atoms with Gasteiger partial charge in [0.15, 0.2) is 5.82 Å². The molecule has 1 aromatic rings. The summed E-state index contributed by atoms with van der Waals surface area (Å²) in [6.07, 6.45) is 3.98. The molecule has 78 valence electrons. The Hall–Kier alpha value is -0.970. The molecule has 1 aliphatic carbocycles. The van der Waals surface area contributed by atoms with Crippen LogP contribution in [0.5, 0.6) is 0 Å². The average Bonchev–Trinajstić information content (AvgIpc) is 2.83. The van der Waals surface area contributed by atoms with Crippen LogP contribution in [0.15, 0.2) is 0 Å². The molecule has 0 aliphatic heterocycles. The SMILES string of the molecule is CNCc1nnnn1C(C)CC1CC1. The quantitative estimate of drug-likeness (QED) is 0.753. The van der Waals surface area contributed by atoms with Crippen LogP contribution in [-0.2, 0) is 6.54 Å². The summed E-state index contributed by atoms with van der Waals surface area (Å²) < 4.78 is 1.94. The Bertz CT molecular complexity index is 291. The monoisotopic (exact) mass is 195 g/mol. The van der Waals surface area contributed by atoms with Crippen LogP contribution < -0.4 is 5.32 Å². The van der Waals surface area contributed by atoms with Crippen LogP contribution in [0.1, 0.15) is 38.1 Å². The van der Waals surface area contributed by atoms with Crippen molar-refractivity contribution in [1.82, 2.24) is 25.5 Å². The lowest BCUT2D eigenvalue weighted by atomic mass is 10.1. The van der Waals surface area contributed by atoms with E-state index in [2.05, 4.69) is 27.8 Å². The Balaban J connectivity index is 2.00. The highest BCUT2D eigenvalue weighted by atomic mass is 15.6. The van der Waals surface area contributed by atoms with Gasteiger partial charge in [0.1, 0.15) is 0 Å². The summed E-state index contributed by atoms with van der Waals surface area (Å²) in [5, 5.41) is 14.8. The van der Waals surface area contributed by atoms with E-state index in [9.17, 15) is 0 Å². The van der Waals surface area contributed by atoms with E-state index in [1.807, 2.05) is 11.7 Å². The molecule has 0 bridgehead atoms. The first-order chi connectivity index (χ1) is 6.81. The van der Waals surface area contributed by atoms with E-state index < -0.39 is 0 Å². The summed E-state index contributed by atoms with van der Waals surface area (Å²) in [7, 11) is 1.91. The van der Waals surface area contributed by atoms with Gasteiger partial charge in [0.25, 0.3) is 0 Å². The van der Waals surface area contributed by atoms with Gasteiger partial charge in [-0.1, -0.05) is 12.8 Å². The minimum absolute atomic E-state index is 0.431. The molecule has 14 heavy (non-hydrogen) atoms. The van der Waals surface area contributed by atoms with Crippen LogP contribution in [0.2, 0.25) is 0 Å². The molecule has 1 N–H and O–H groups in total. The number of hydrogen-bond donors (Lipinski definition) is 1. The summed E-state index contributed by atoms with van der Waals surface area (Å²) in [5.74, 6) is 1.84. The van der Waals surface area contributed by atoms with Crippen molar-refractivity contribution < 1.29 is 0 Å². The van der Waals surface area contributed by atoms with E-state index in [1.54, 1.807) is 0 Å². The van der Waals surface area contributed by atoms with Gasteiger partial charge < -0.3 is 5.32 Å². The maximum atomic E-state index is 4.03. The topological polar surface area (TPSA) is 55.6 Å². The number of nitrogens with zero attached hydrogens (tertiary/aromatic N) is 4. The normalized spacial score (nSPS) is 18.4. The Kier molecular flexibility index (Phi) is 2.77. The molecular weight excluding hydrogens is 178 g/mol. The molecule has 1 atom stereocenters. The van der Waals surface area contributed by atoms with Gasteiger partial charge in [0, 0.05) is 0 Å². The second-order valence-electron chi connectivity index (χ2n) is 4.10. The van der Waals surface area contributed by atoms with Gasteiger partial charge in [-0.15, -0.1) is 5.10 Å². The van der Waals surface area contributed by atoms with Crippen LogP contribution in [0, 0.1) is 5.92 Å².